The maximum absolute atomic E-state index is 12.4. The average Bonchev–Trinajstić information content (AvgIpc) is 2.98. The zero-order valence-corrected chi connectivity index (χ0v) is 15.2. The van der Waals surface area contributed by atoms with Gasteiger partial charge >= 0.3 is 5.97 Å². The Labute approximate surface area is 147 Å². The van der Waals surface area contributed by atoms with Crippen LogP contribution in [0.3, 0.4) is 0 Å². The third kappa shape index (κ3) is 4.18. The molecular formula is C19H25NO5. The number of likely N-dealkylation sites (tertiary alicyclic amines) is 1. The van der Waals surface area contributed by atoms with Crippen molar-refractivity contribution in [2.24, 2.45) is 0 Å². The monoisotopic (exact) mass is 347 g/mol. The van der Waals surface area contributed by atoms with E-state index < -0.39 is 18.5 Å². The normalized spacial score (nSPS) is 14.5. The van der Waals surface area contributed by atoms with Crippen molar-refractivity contribution in [3.05, 3.63) is 28.8 Å². The molecule has 6 heteroatoms. The number of esters is 1. The van der Waals surface area contributed by atoms with E-state index in [4.69, 9.17) is 4.74 Å². The third-order valence-corrected chi connectivity index (χ3v) is 4.37. The lowest BCUT2D eigenvalue weighted by Crippen LogP contribution is -2.35. The number of benzene rings is 1. The SMILES string of the molecule is CC(C)c1cc(C(=O)OCC(=O)N2CCCC2=O)c(O)c(C(C)C)c1. The first-order valence-electron chi connectivity index (χ1n) is 8.59. The number of carbonyl (C=O) groups is 3. The minimum atomic E-state index is -0.762. The molecule has 1 N–H and O–H groups in total. The summed E-state index contributed by atoms with van der Waals surface area (Å²) in [6.45, 7) is 7.70. The van der Waals surface area contributed by atoms with Gasteiger partial charge in [0, 0.05) is 13.0 Å². The van der Waals surface area contributed by atoms with E-state index in [0.717, 1.165) is 10.5 Å². The Morgan fingerprint density at radius 1 is 1.20 bits per heavy atom. The van der Waals surface area contributed by atoms with Crippen LogP contribution < -0.4 is 0 Å². The Morgan fingerprint density at radius 3 is 2.40 bits per heavy atom. The molecule has 0 aliphatic carbocycles. The number of phenolic OH excluding ortho intramolecular Hbond substituents is 1. The van der Waals surface area contributed by atoms with E-state index in [1.165, 1.54) is 0 Å². The average molecular weight is 347 g/mol. The summed E-state index contributed by atoms with van der Waals surface area (Å²) in [6.07, 6.45) is 0.974. The lowest BCUT2D eigenvalue weighted by molar-refractivity contribution is -0.143. The Bertz CT molecular complexity index is 693. The Balaban J connectivity index is 2.17. The molecule has 1 heterocycles. The molecule has 1 aliphatic heterocycles. The number of hydrogen-bond donors (Lipinski definition) is 1. The molecule has 0 radical (unpaired) electrons. The molecule has 1 aliphatic rings. The van der Waals surface area contributed by atoms with Gasteiger partial charge in [0.05, 0.1) is 0 Å². The molecule has 0 aromatic heterocycles. The topological polar surface area (TPSA) is 83.9 Å². The summed E-state index contributed by atoms with van der Waals surface area (Å²) < 4.78 is 5.06. The summed E-state index contributed by atoms with van der Waals surface area (Å²) in [6, 6.07) is 3.48. The predicted octanol–water partition coefficient (Wildman–Crippen LogP) is 2.94. The van der Waals surface area contributed by atoms with Crippen LogP contribution in [0.5, 0.6) is 5.75 Å². The Hall–Kier alpha value is -2.37. The van der Waals surface area contributed by atoms with Crippen molar-refractivity contribution in [3.63, 3.8) is 0 Å². The van der Waals surface area contributed by atoms with Gasteiger partial charge in [-0.05, 0) is 35.4 Å². The molecule has 0 unspecified atom stereocenters. The molecule has 6 nitrogen and oxygen atoms in total. The summed E-state index contributed by atoms with van der Waals surface area (Å²) in [5, 5.41) is 10.4. The van der Waals surface area contributed by atoms with E-state index in [1.807, 2.05) is 33.8 Å². The van der Waals surface area contributed by atoms with Gasteiger partial charge in [-0.2, -0.15) is 0 Å². The van der Waals surface area contributed by atoms with Crippen LogP contribution in [0.1, 0.15) is 73.9 Å². The second kappa shape index (κ2) is 7.68. The van der Waals surface area contributed by atoms with Crippen molar-refractivity contribution in [2.45, 2.75) is 52.4 Å². The fourth-order valence-electron chi connectivity index (χ4n) is 2.80. The van der Waals surface area contributed by atoms with Crippen LogP contribution in [0.2, 0.25) is 0 Å². The number of rotatable bonds is 5. The second-order valence-electron chi connectivity index (χ2n) is 6.93. The van der Waals surface area contributed by atoms with Crippen molar-refractivity contribution in [1.29, 1.82) is 0 Å². The van der Waals surface area contributed by atoms with Crippen molar-refractivity contribution >= 4 is 17.8 Å². The van der Waals surface area contributed by atoms with Crippen molar-refractivity contribution in [2.75, 3.05) is 13.2 Å². The third-order valence-electron chi connectivity index (χ3n) is 4.37. The Kier molecular flexibility index (Phi) is 5.82. The minimum Gasteiger partial charge on any atom is -0.507 e. The lowest BCUT2D eigenvalue weighted by Gasteiger charge is -2.17. The highest BCUT2D eigenvalue weighted by Gasteiger charge is 2.28. The molecular weight excluding hydrogens is 322 g/mol. The molecule has 1 aromatic carbocycles. The summed E-state index contributed by atoms with van der Waals surface area (Å²) in [4.78, 5) is 37.0. The first kappa shape index (κ1) is 19.0. The largest absolute Gasteiger partial charge is 0.507 e. The zero-order chi connectivity index (χ0) is 18.7. The van der Waals surface area contributed by atoms with Gasteiger partial charge in [-0.15, -0.1) is 0 Å². The maximum Gasteiger partial charge on any atom is 0.342 e. The highest BCUT2D eigenvalue weighted by Crippen LogP contribution is 2.33. The quantitative estimate of drug-likeness (QED) is 0.828. The van der Waals surface area contributed by atoms with Crippen molar-refractivity contribution < 1.29 is 24.2 Å². The zero-order valence-electron chi connectivity index (χ0n) is 15.2. The number of nitrogens with zero attached hydrogens (tertiary/aromatic N) is 1. The number of aromatic hydroxyl groups is 1. The van der Waals surface area contributed by atoms with Gasteiger partial charge < -0.3 is 9.84 Å². The first-order chi connectivity index (χ1) is 11.7. The molecule has 0 saturated carbocycles. The highest BCUT2D eigenvalue weighted by atomic mass is 16.5. The predicted molar refractivity (Wildman–Crippen MR) is 92.5 cm³/mol. The van der Waals surface area contributed by atoms with Crippen molar-refractivity contribution in [1.82, 2.24) is 4.90 Å². The van der Waals surface area contributed by atoms with Crippen LogP contribution >= 0.6 is 0 Å². The minimum absolute atomic E-state index is 0.0362. The number of imide groups is 1. The van der Waals surface area contributed by atoms with Gasteiger partial charge in [0.1, 0.15) is 11.3 Å². The van der Waals surface area contributed by atoms with Gasteiger partial charge in [-0.1, -0.05) is 33.8 Å². The lowest BCUT2D eigenvalue weighted by atomic mass is 9.92. The molecule has 2 rings (SSSR count). The molecule has 25 heavy (non-hydrogen) atoms. The summed E-state index contributed by atoms with van der Waals surface area (Å²) >= 11 is 0. The summed E-state index contributed by atoms with van der Waals surface area (Å²) in [5.41, 5.74) is 1.63. The number of carbonyl (C=O) groups excluding carboxylic acids is 3. The van der Waals surface area contributed by atoms with Crippen LogP contribution in [-0.2, 0) is 14.3 Å². The number of ether oxygens (including phenoxy) is 1. The van der Waals surface area contributed by atoms with Crippen LogP contribution in [0, 0.1) is 0 Å². The molecule has 0 atom stereocenters. The van der Waals surface area contributed by atoms with Crippen LogP contribution in [-0.4, -0.2) is 40.9 Å². The van der Waals surface area contributed by atoms with Crippen LogP contribution in [0.4, 0.5) is 0 Å². The van der Waals surface area contributed by atoms with E-state index in [9.17, 15) is 19.5 Å². The molecule has 136 valence electrons. The van der Waals surface area contributed by atoms with E-state index >= 15 is 0 Å². The second-order valence-corrected chi connectivity index (χ2v) is 6.93. The van der Waals surface area contributed by atoms with Gasteiger partial charge in [0.2, 0.25) is 5.91 Å². The molecule has 0 spiro atoms. The first-order valence-corrected chi connectivity index (χ1v) is 8.59. The fraction of sp³-hybridized carbons (Fsp3) is 0.526. The maximum atomic E-state index is 12.4. The van der Waals surface area contributed by atoms with E-state index in [2.05, 4.69) is 0 Å². The summed E-state index contributed by atoms with van der Waals surface area (Å²) in [5.74, 6) is -1.44. The summed E-state index contributed by atoms with van der Waals surface area (Å²) in [7, 11) is 0. The molecule has 1 saturated heterocycles. The molecule has 0 bridgehead atoms. The number of amides is 2. The fourth-order valence-corrected chi connectivity index (χ4v) is 2.80. The Morgan fingerprint density at radius 2 is 1.88 bits per heavy atom. The molecule has 1 fully saturated rings. The van der Waals surface area contributed by atoms with Crippen LogP contribution in [0.25, 0.3) is 0 Å². The van der Waals surface area contributed by atoms with Crippen molar-refractivity contribution in [3.8, 4) is 5.75 Å². The van der Waals surface area contributed by atoms with E-state index in [1.54, 1.807) is 6.07 Å². The van der Waals surface area contributed by atoms with E-state index in [-0.39, 0.29) is 29.1 Å². The van der Waals surface area contributed by atoms with E-state index in [0.29, 0.717) is 24.9 Å². The standard InChI is InChI=1S/C19H25NO5/c1-11(2)13-8-14(12(3)4)18(23)15(9-13)19(24)25-10-17(22)20-7-5-6-16(20)21/h8-9,11-12,23H,5-7,10H2,1-4H3. The molecule has 1 aromatic rings. The van der Waals surface area contributed by atoms with Gasteiger partial charge in [-0.25, -0.2) is 4.79 Å². The van der Waals surface area contributed by atoms with Gasteiger partial charge in [0.25, 0.3) is 5.91 Å². The molecule has 2 amide bonds. The van der Waals surface area contributed by atoms with Crippen LogP contribution in [0.15, 0.2) is 12.1 Å². The smallest absolute Gasteiger partial charge is 0.342 e. The number of hydrogen-bond acceptors (Lipinski definition) is 5. The number of phenols is 1. The van der Waals surface area contributed by atoms with Gasteiger partial charge in [-0.3, -0.25) is 14.5 Å². The van der Waals surface area contributed by atoms with Gasteiger partial charge in [0.15, 0.2) is 6.61 Å². The highest BCUT2D eigenvalue weighted by molar-refractivity contribution is 5.99.